The lowest BCUT2D eigenvalue weighted by atomic mass is 10.1. The van der Waals surface area contributed by atoms with E-state index in [0.29, 0.717) is 11.0 Å². The van der Waals surface area contributed by atoms with Crippen molar-refractivity contribution in [3.8, 4) is 11.3 Å². The summed E-state index contributed by atoms with van der Waals surface area (Å²) < 4.78 is 0. The number of hydrogen-bond acceptors (Lipinski definition) is 5. The van der Waals surface area contributed by atoms with Gasteiger partial charge >= 0.3 is 5.97 Å². The Labute approximate surface area is 150 Å². The molecule has 0 atom stereocenters. The van der Waals surface area contributed by atoms with Crippen molar-refractivity contribution < 1.29 is 15.0 Å². The third kappa shape index (κ3) is 2.99. The second-order valence-corrected chi connectivity index (χ2v) is 6.45. The third-order valence-corrected chi connectivity index (χ3v) is 4.71. The molecule has 0 bridgehead atoms. The van der Waals surface area contributed by atoms with E-state index in [1.54, 1.807) is 18.2 Å². The van der Waals surface area contributed by atoms with E-state index in [1.807, 2.05) is 24.3 Å². The Morgan fingerprint density at radius 1 is 1.00 bits per heavy atom. The predicted molar refractivity (Wildman–Crippen MR) is 99.3 cm³/mol. The fourth-order valence-corrected chi connectivity index (χ4v) is 3.29. The van der Waals surface area contributed by atoms with Gasteiger partial charge in [-0.25, -0.2) is 14.8 Å². The second kappa shape index (κ2) is 6.72. The van der Waals surface area contributed by atoms with Gasteiger partial charge in [-0.2, -0.15) is 0 Å². The zero-order valence-electron chi connectivity index (χ0n) is 14.2. The lowest BCUT2D eigenvalue weighted by Crippen LogP contribution is -2.20. The smallest absolute Gasteiger partial charge is 0.335 e. The molecule has 132 valence electrons. The number of aromatic nitrogens is 2. The van der Waals surface area contributed by atoms with E-state index >= 15 is 0 Å². The van der Waals surface area contributed by atoms with E-state index in [9.17, 15) is 15.0 Å². The van der Waals surface area contributed by atoms with E-state index in [1.165, 1.54) is 0 Å². The minimum Gasteiger partial charge on any atom is -0.478 e. The van der Waals surface area contributed by atoms with E-state index in [-0.39, 0.29) is 12.2 Å². The van der Waals surface area contributed by atoms with Gasteiger partial charge in [0.2, 0.25) is 0 Å². The van der Waals surface area contributed by atoms with Gasteiger partial charge in [-0.3, -0.25) is 0 Å². The zero-order chi connectivity index (χ0) is 18.1. The lowest BCUT2D eigenvalue weighted by Gasteiger charge is -2.20. The molecule has 26 heavy (non-hydrogen) atoms. The fourth-order valence-electron chi connectivity index (χ4n) is 3.29. The van der Waals surface area contributed by atoms with Crippen LogP contribution in [0.3, 0.4) is 0 Å². The molecule has 2 heterocycles. The summed E-state index contributed by atoms with van der Waals surface area (Å²) >= 11 is 0. The first-order chi connectivity index (χ1) is 12.7. The monoisotopic (exact) mass is 349 g/mol. The van der Waals surface area contributed by atoms with Crippen LogP contribution in [0.2, 0.25) is 0 Å². The number of aromatic carboxylic acids is 1. The Morgan fingerprint density at radius 3 is 2.38 bits per heavy atom. The van der Waals surface area contributed by atoms with Crippen molar-refractivity contribution in [1.82, 2.24) is 9.97 Å². The minimum absolute atomic E-state index is 0.000621. The van der Waals surface area contributed by atoms with Crippen molar-refractivity contribution in [3.05, 3.63) is 53.6 Å². The summed E-state index contributed by atoms with van der Waals surface area (Å²) in [5.74, 6) is -0.186. The molecule has 0 amide bonds. The number of rotatable bonds is 4. The van der Waals surface area contributed by atoms with Crippen LogP contribution in [0.4, 0.5) is 5.82 Å². The first-order valence-corrected chi connectivity index (χ1v) is 8.66. The molecule has 1 aliphatic heterocycles. The summed E-state index contributed by atoms with van der Waals surface area (Å²) in [7, 11) is 0. The maximum Gasteiger partial charge on any atom is 0.335 e. The summed E-state index contributed by atoms with van der Waals surface area (Å²) in [6.45, 7) is 1.84. The molecule has 6 nitrogen and oxygen atoms in total. The quantitative estimate of drug-likeness (QED) is 0.753. The molecule has 1 saturated heterocycles. The lowest BCUT2D eigenvalue weighted by molar-refractivity contribution is 0.0697. The first kappa shape index (κ1) is 16.5. The van der Waals surface area contributed by atoms with Gasteiger partial charge in [0, 0.05) is 18.7 Å². The molecule has 0 aliphatic carbocycles. The van der Waals surface area contributed by atoms with Gasteiger partial charge in [0.15, 0.2) is 5.82 Å². The number of aliphatic hydroxyl groups excluding tert-OH is 1. The number of benzene rings is 2. The van der Waals surface area contributed by atoms with Crippen molar-refractivity contribution in [2.75, 3.05) is 18.0 Å². The number of nitrogens with zero attached hydrogens (tertiary/aromatic N) is 3. The van der Waals surface area contributed by atoms with E-state index in [2.05, 4.69) is 4.90 Å². The zero-order valence-corrected chi connectivity index (χ0v) is 14.2. The van der Waals surface area contributed by atoms with Crippen LogP contribution >= 0.6 is 0 Å². The SMILES string of the molecule is O=C(O)c1ccc2nc(-c3ccc(CO)cc3)c(N3CCCC3)nc2c1. The Kier molecular flexibility index (Phi) is 4.26. The van der Waals surface area contributed by atoms with E-state index < -0.39 is 5.97 Å². The summed E-state index contributed by atoms with van der Waals surface area (Å²) in [6, 6.07) is 12.5. The number of hydrogen-bond donors (Lipinski definition) is 2. The largest absolute Gasteiger partial charge is 0.478 e. The summed E-state index contributed by atoms with van der Waals surface area (Å²) in [5.41, 5.74) is 4.02. The molecule has 3 aromatic rings. The van der Waals surface area contributed by atoms with Gasteiger partial charge < -0.3 is 15.1 Å². The van der Waals surface area contributed by atoms with Crippen LogP contribution in [0.1, 0.15) is 28.8 Å². The number of fused-ring (bicyclic) bond motifs is 1. The standard InChI is InChI=1S/C20H19N3O3/c24-12-13-3-5-14(6-4-13)18-19(23-9-1-2-10-23)22-17-11-15(20(25)26)7-8-16(17)21-18/h3-8,11,24H,1-2,9-10,12H2,(H,25,26). The van der Waals surface area contributed by atoms with Crippen molar-refractivity contribution in [2.24, 2.45) is 0 Å². The highest BCUT2D eigenvalue weighted by Crippen LogP contribution is 2.32. The predicted octanol–water partition coefficient (Wildman–Crippen LogP) is 3.09. The Morgan fingerprint density at radius 2 is 1.73 bits per heavy atom. The highest BCUT2D eigenvalue weighted by atomic mass is 16.4. The molecule has 1 aliphatic rings. The average Bonchev–Trinajstić information content (AvgIpc) is 3.21. The number of aliphatic hydroxyl groups is 1. The van der Waals surface area contributed by atoms with E-state index in [0.717, 1.165) is 48.6 Å². The van der Waals surface area contributed by atoms with Gasteiger partial charge in [-0.1, -0.05) is 24.3 Å². The van der Waals surface area contributed by atoms with Crippen LogP contribution in [0.15, 0.2) is 42.5 Å². The molecule has 2 aromatic carbocycles. The number of carboxylic acid groups (broad SMARTS) is 1. The third-order valence-electron chi connectivity index (χ3n) is 4.71. The Hall–Kier alpha value is -2.99. The molecule has 0 radical (unpaired) electrons. The molecular formula is C20H19N3O3. The molecular weight excluding hydrogens is 330 g/mol. The molecule has 6 heteroatoms. The highest BCUT2D eigenvalue weighted by molar-refractivity contribution is 5.93. The van der Waals surface area contributed by atoms with Crippen molar-refractivity contribution in [1.29, 1.82) is 0 Å². The van der Waals surface area contributed by atoms with Gasteiger partial charge in [0.25, 0.3) is 0 Å². The van der Waals surface area contributed by atoms with Crippen LogP contribution in [0, 0.1) is 0 Å². The molecule has 0 spiro atoms. The second-order valence-electron chi connectivity index (χ2n) is 6.45. The van der Waals surface area contributed by atoms with Crippen LogP contribution < -0.4 is 4.90 Å². The Bertz CT molecular complexity index is 964. The highest BCUT2D eigenvalue weighted by Gasteiger charge is 2.21. The molecule has 1 fully saturated rings. The summed E-state index contributed by atoms with van der Waals surface area (Å²) in [6.07, 6.45) is 2.22. The maximum atomic E-state index is 11.3. The number of carbonyl (C=O) groups is 1. The van der Waals surface area contributed by atoms with Crippen molar-refractivity contribution in [2.45, 2.75) is 19.4 Å². The molecule has 0 unspecified atom stereocenters. The van der Waals surface area contributed by atoms with E-state index in [4.69, 9.17) is 9.97 Å². The van der Waals surface area contributed by atoms with Gasteiger partial charge in [0.1, 0.15) is 5.69 Å². The van der Waals surface area contributed by atoms with Crippen molar-refractivity contribution in [3.63, 3.8) is 0 Å². The van der Waals surface area contributed by atoms with Crippen LogP contribution in [0.5, 0.6) is 0 Å². The average molecular weight is 349 g/mol. The summed E-state index contributed by atoms with van der Waals surface area (Å²) in [5, 5.41) is 18.5. The first-order valence-electron chi connectivity index (χ1n) is 8.66. The van der Waals surface area contributed by atoms with Gasteiger partial charge in [-0.15, -0.1) is 0 Å². The topological polar surface area (TPSA) is 86.5 Å². The maximum absolute atomic E-state index is 11.3. The summed E-state index contributed by atoms with van der Waals surface area (Å²) in [4.78, 5) is 23.0. The van der Waals surface area contributed by atoms with Gasteiger partial charge in [0.05, 0.1) is 23.2 Å². The fraction of sp³-hybridized carbons (Fsp3) is 0.250. The van der Waals surface area contributed by atoms with Crippen LogP contribution in [-0.2, 0) is 6.61 Å². The van der Waals surface area contributed by atoms with Crippen molar-refractivity contribution >= 4 is 22.8 Å². The number of carboxylic acids is 1. The molecule has 0 saturated carbocycles. The Balaban J connectivity index is 1.89. The van der Waals surface area contributed by atoms with Crippen LogP contribution in [-0.4, -0.2) is 39.2 Å². The number of anilines is 1. The molecule has 2 N–H and O–H groups in total. The van der Waals surface area contributed by atoms with Gasteiger partial charge in [-0.05, 0) is 36.6 Å². The molecule has 4 rings (SSSR count). The van der Waals surface area contributed by atoms with Crippen LogP contribution in [0.25, 0.3) is 22.3 Å². The minimum atomic E-state index is -0.972. The molecule has 1 aromatic heterocycles. The normalized spacial score (nSPS) is 14.1.